The Balaban J connectivity index is 0. The maximum atomic E-state index is 12.6. The molecule has 0 bridgehead atoms. The minimum absolute atomic E-state index is 0. The van der Waals surface area contributed by atoms with Crippen LogP contribution in [0.2, 0.25) is 0 Å². The van der Waals surface area contributed by atoms with Crippen LogP contribution in [0.1, 0.15) is 52.9 Å². The van der Waals surface area contributed by atoms with Gasteiger partial charge in [0.25, 0.3) is 0 Å². The summed E-state index contributed by atoms with van der Waals surface area (Å²) in [5.41, 5.74) is 15.9. The van der Waals surface area contributed by atoms with Crippen molar-refractivity contribution < 1.29 is 53.6 Å². The van der Waals surface area contributed by atoms with Crippen LogP contribution < -0.4 is 38.5 Å². The molecule has 0 fully saturated rings. The Morgan fingerprint density at radius 2 is 1.49 bits per heavy atom. The van der Waals surface area contributed by atoms with Gasteiger partial charge in [-0.25, -0.2) is 4.79 Å². The molecule has 248 valence electrons. The Morgan fingerprint density at radius 3 is 1.98 bits per heavy atom. The summed E-state index contributed by atoms with van der Waals surface area (Å²) in [7, 11) is 0. The Labute approximate surface area is 254 Å². The summed E-state index contributed by atoms with van der Waals surface area (Å²) >= 11 is 0. The van der Waals surface area contributed by atoms with Crippen LogP contribution in [0.4, 0.5) is 4.79 Å². The van der Waals surface area contributed by atoms with Crippen LogP contribution in [-0.4, -0.2) is 112 Å². The number of hydrogen-bond donors (Lipinski definition) is 10. The van der Waals surface area contributed by atoms with Crippen LogP contribution in [0.3, 0.4) is 0 Å². The number of rotatable bonds is 20. The second-order valence-electron chi connectivity index (χ2n) is 9.62. The number of ketones is 1. The Kier molecular flexibility index (Phi) is 20.5. The summed E-state index contributed by atoms with van der Waals surface area (Å²) in [6.07, 6.45) is -5.99. The number of Topliss-reactive ketones (excluding diaryl/α,β-unsaturated/α-hetero) is 1. The number of alkyl carbamates (subject to hydrolysis) is 1. The van der Waals surface area contributed by atoms with Crippen LogP contribution in [-0.2, 0) is 33.5 Å². The molecule has 0 aromatic heterocycles. The molecule has 3 unspecified atom stereocenters. The van der Waals surface area contributed by atoms with Crippen molar-refractivity contribution >= 4 is 53.8 Å². The number of carbonyl (C=O) groups excluding carboxylic acids is 7. The molecule has 0 saturated carbocycles. The van der Waals surface area contributed by atoms with Gasteiger partial charge in [0, 0.05) is 19.9 Å². The van der Waals surface area contributed by atoms with Gasteiger partial charge in [0.2, 0.25) is 29.5 Å². The first-order valence-corrected chi connectivity index (χ1v) is 13.1. The number of hydrogen-bond acceptors (Lipinski definition) is 12. The normalized spacial score (nSPS) is 15.5. The van der Waals surface area contributed by atoms with Gasteiger partial charge in [-0.1, -0.05) is 0 Å². The largest absolute Gasteiger partial charge is 0.441 e. The van der Waals surface area contributed by atoms with Gasteiger partial charge in [-0.15, -0.1) is 12.4 Å². The SMILES string of the molecule is CC(=O)N[C@@H](C(C)=O)[C@@H](OC(=O)NC(C)C(=O)NC(CCC(=O)NCCCCC(N)C(N)=O)C(N)=O)[C@H](O)[C@H](O)CO.Cl. The van der Waals surface area contributed by atoms with E-state index < -0.39 is 90.5 Å². The van der Waals surface area contributed by atoms with E-state index in [2.05, 4.69) is 21.3 Å². The first kappa shape index (κ1) is 41.6. The molecular formula is C24H44ClN7O11. The molecule has 19 heteroatoms. The van der Waals surface area contributed by atoms with E-state index in [9.17, 15) is 43.8 Å². The van der Waals surface area contributed by atoms with Gasteiger partial charge in [0.15, 0.2) is 11.9 Å². The lowest BCUT2D eigenvalue weighted by Crippen LogP contribution is -2.58. The average molecular weight is 642 g/mol. The number of unbranched alkanes of at least 4 members (excludes halogenated alkanes) is 1. The average Bonchev–Trinajstić information content (AvgIpc) is 2.90. The molecule has 0 aromatic carbocycles. The first-order chi connectivity index (χ1) is 19.5. The van der Waals surface area contributed by atoms with Crippen LogP contribution in [0.25, 0.3) is 0 Å². The maximum absolute atomic E-state index is 12.6. The molecule has 0 aliphatic carbocycles. The predicted octanol–water partition coefficient (Wildman–Crippen LogP) is -4.45. The smallest absolute Gasteiger partial charge is 0.408 e. The molecule has 7 atom stereocenters. The van der Waals surface area contributed by atoms with E-state index >= 15 is 0 Å². The second kappa shape index (κ2) is 21.2. The van der Waals surface area contributed by atoms with Crippen molar-refractivity contribution in [1.82, 2.24) is 21.3 Å². The summed E-state index contributed by atoms with van der Waals surface area (Å²) in [6, 6.07) is -5.02. The fourth-order valence-corrected chi connectivity index (χ4v) is 3.50. The van der Waals surface area contributed by atoms with Gasteiger partial charge in [-0.3, -0.25) is 28.8 Å². The van der Waals surface area contributed by atoms with Crippen molar-refractivity contribution in [2.45, 2.75) is 95.4 Å². The number of nitrogens with two attached hydrogens (primary N) is 3. The molecule has 0 heterocycles. The summed E-state index contributed by atoms with van der Waals surface area (Å²) < 4.78 is 5.03. The number of carbonyl (C=O) groups is 7. The van der Waals surface area contributed by atoms with Gasteiger partial charge < -0.3 is 58.5 Å². The third-order valence-corrected chi connectivity index (χ3v) is 5.96. The quantitative estimate of drug-likeness (QED) is 0.0563. The Hall–Kier alpha value is -3.58. The lowest BCUT2D eigenvalue weighted by Gasteiger charge is -2.31. The molecular weight excluding hydrogens is 598 g/mol. The number of aliphatic hydroxyl groups is 3. The van der Waals surface area contributed by atoms with E-state index in [0.717, 1.165) is 13.8 Å². The molecule has 0 rings (SSSR count). The number of halogens is 1. The zero-order valence-corrected chi connectivity index (χ0v) is 25.1. The van der Waals surface area contributed by atoms with Crippen molar-refractivity contribution in [3.05, 3.63) is 0 Å². The van der Waals surface area contributed by atoms with E-state index in [4.69, 9.17) is 27.0 Å². The molecule has 18 nitrogen and oxygen atoms in total. The standard InChI is InChI=1S/C24H43N7O11.ClH/c1-11(29-24(41)42-20(19(37)16(35)10-32)18(12(2)33)30-13(3)34)23(40)31-15(22(27)39)7-8-17(36)28-9-5-4-6-14(25)21(26)38;/h11,14-16,18-20,32,35,37H,4-10,25H2,1-3H3,(H2,26,38)(H2,27,39)(H,28,36)(H,29,41)(H,30,34)(H,31,40);1H/t11?,14?,15?,16-,18+,19-,20-;/m1./s1. The molecule has 0 aromatic rings. The van der Waals surface area contributed by atoms with E-state index in [-0.39, 0.29) is 31.8 Å². The summed E-state index contributed by atoms with van der Waals surface area (Å²) in [5.74, 6) is -4.38. The zero-order chi connectivity index (χ0) is 32.6. The fourth-order valence-electron chi connectivity index (χ4n) is 3.50. The highest BCUT2D eigenvalue weighted by Gasteiger charge is 2.39. The van der Waals surface area contributed by atoms with Gasteiger partial charge in [0.1, 0.15) is 30.3 Å². The minimum Gasteiger partial charge on any atom is -0.441 e. The molecule has 0 aliphatic rings. The Bertz CT molecular complexity index is 972. The highest BCUT2D eigenvalue weighted by molar-refractivity contribution is 5.91. The topological polar surface area (TPSA) is 316 Å². The lowest BCUT2D eigenvalue weighted by atomic mass is 9.98. The number of primary amides is 2. The Morgan fingerprint density at radius 1 is 0.884 bits per heavy atom. The number of ether oxygens (including phenoxy) is 1. The highest BCUT2D eigenvalue weighted by atomic mass is 35.5. The van der Waals surface area contributed by atoms with Crippen molar-refractivity contribution in [1.29, 1.82) is 0 Å². The van der Waals surface area contributed by atoms with Crippen molar-refractivity contribution in [3.63, 3.8) is 0 Å². The number of nitrogens with one attached hydrogen (secondary N) is 4. The molecule has 0 spiro atoms. The second-order valence-corrected chi connectivity index (χ2v) is 9.62. The third kappa shape index (κ3) is 16.6. The first-order valence-electron chi connectivity index (χ1n) is 13.1. The summed E-state index contributed by atoms with van der Waals surface area (Å²) in [5, 5.41) is 38.4. The zero-order valence-electron chi connectivity index (χ0n) is 24.2. The number of amides is 6. The fraction of sp³-hybridized carbons (Fsp3) is 0.708. The lowest BCUT2D eigenvalue weighted by molar-refractivity contribution is -0.135. The van der Waals surface area contributed by atoms with Crippen LogP contribution >= 0.6 is 12.4 Å². The summed E-state index contributed by atoms with van der Waals surface area (Å²) in [4.78, 5) is 83.4. The highest BCUT2D eigenvalue weighted by Crippen LogP contribution is 2.12. The molecule has 6 amide bonds. The molecule has 43 heavy (non-hydrogen) atoms. The van der Waals surface area contributed by atoms with Gasteiger partial charge in [-0.05, 0) is 39.5 Å². The third-order valence-electron chi connectivity index (χ3n) is 5.96. The molecule has 0 aliphatic heterocycles. The summed E-state index contributed by atoms with van der Waals surface area (Å²) in [6.45, 7) is 2.59. The molecule has 0 saturated heterocycles. The van der Waals surface area contributed by atoms with E-state index in [1.165, 1.54) is 6.92 Å². The molecule has 13 N–H and O–H groups in total. The van der Waals surface area contributed by atoms with Crippen molar-refractivity contribution in [2.75, 3.05) is 13.2 Å². The molecule has 0 radical (unpaired) electrons. The van der Waals surface area contributed by atoms with Gasteiger partial charge in [0.05, 0.1) is 12.6 Å². The van der Waals surface area contributed by atoms with E-state index in [1.54, 1.807) is 0 Å². The van der Waals surface area contributed by atoms with Gasteiger partial charge >= 0.3 is 6.09 Å². The predicted molar refractivity (Wildman–Crippen MR) is 152 cm³/mol. The van der Waals surface area contributed by atoms with Crippen molar-refractivity contribution in [3.8, 4) is 0 Å². The van der Waals surface area contributed by atoms with Crippen LogP contribution in [0.5, 0.6) is 0 Å². The van der Waals surface area contributed by atoms with E-state index in [1.807, 2.05) is 0 Å². The van der Waals surface area contributed by atoms with Crippen LogP contribution in [0.15, 0.2) is 0 Å². The number of aliphatic hydroxyl groups excluding tert-OH is 3. The van der Waals surface area contributed by atoms with E-state index in [0.29, 0.717) is 19.3 Å². The van der Waals surface area contributed by atoms with Crippen LogP contribution in [0, 0.1) is 0 Å². The maximum Gasteiger partial charge on any atom is 0.408 e. The monoisotopic (exact) mass is 641 g/mol. The minimum atomic E-state index is -2.01. The van der Waals surface area contributed by atoms with Crippen molar-refractivity contribution in [2.24, 2.45) is 17.2 Å². The van der Waals surface area contributed by atoms with Gasteiger partial charge in [-0.2, -0.15) is 0 Å².